The molecule has 3 aromatic heterocycles. The van der Waals surface area contributed by atoms with Gasteiger partial charge in [0.15, 0.2) is 17.1 Å². The number of rotatable bonds is 4. The van der Waals surface area contributed by atoms with E-state index in [0.717, 1.165) is 39.8 Å². The van der Waals surface area contributed by atoms with Crippen molar-refractivity contribution in [2.75, 3.05) is 12.1 Å². The molecule has 0 saturated carbocycles. The van der Waals surface area contributed by atoms with Gasteiger partial charge in [0.1, 0.15) is 5.82 Å². The molecule has 0 saturated heterocycles. The van der Waals surface area contributed by atoms with Gasteiger partial charge < -0.3 is 14.8 Å². The van der Waals surface area contributed by atoms with Crippen molar-refractivity contribution >= 4 is 11.5 Å². The molecule has 1 N–H and O–H groups in total. The summed E-state index contributed by atoms with van der Waals surface area (Å²) >= 11 is 0. The highest BCUT2D eigenvalue weighted by Gasteiger charge is 2.16. The van der Waals surface area contributed by atoms with Gasteiger partial charge in [0.05, 0.1) is 18.4 Å². The number of aromatic nitrogens is 4. The zero-order chi connectivity index (χ0) is 17.3. The Hall–Kier alpha value is -3.61. The van der Waals surface area contributed by atoms with Crippen LogP contribution < -0.4 is 14.8 Å². The minimum atomic E-state index is 0.257. The summed E-state index contributed by atoms with van der Waals surface area (Å²) in [6, 6.07) is 13.6. The van der Waals surface area contributed by atoms with Crippen molar-refractivity contribution in [3.63, 3.8) is 0 Å². The van der Waals surface area contributed by atoms with Crippen molar-refractivity contribution in [2.24, 2.45) is 0 Å². The van der Waals surface area contributed by atoms with Crippen LogP contribution in [-0.4, -0.2) is 26.4 Å². The molecule has 1 aromatic carbocycles. The van der Waals surface area contributed by atoms with Gasteiger partial charge in [-0.05, 0) is 35.9 Å². The van der Waals surface area contributed by atoms with Crippen LogP contribution in [0.1, 0.15) is 5.69 Å². The molecular weight excluding hydrogens is 330 g/mol. The molecule has 0 amide bonds. The Morgan fingerprint density at radius 3 is 2.96 bits per heavy atom. The van der Waals surface area contributed by atoms with Crippen molar-refractivity contribution in [1.82, 2.24) is 19.6 Å². The molecule has 0 radical (unpaired) electrons. The number of fused-ring (bicyclic) bond motifs is 2. The Kier molecular flexibility index (Phi) is 3.41. The molecule has 0 unspecified atom stereocenters. The molecule has 0 bridgehead atoms. The number of hydrogen-bond acceptors (Lipinski definition) is 6. The van der Waals surface area contributed by atoms with Crippen LogP contribution in [0.5, 0.6) is 11.5 Å². The van der Waals surface area contributed by atoms with Gasteiger partial charge in [0, 0.05) is 18.0 Å². The Balaban J connectivity index is 1.47. The lowest BCUT2D eigenvalue weighted by Crippen LogP contribution is -2.04. The highest BCUT2D eigenvalue weighted by atomic mass is 16.7. The molecule has 0 aliphatic carbocycles. The van der Waals surface area contributed by atoms with Crippen LogP contribution >= 0.6 is 0 Å². The second-order valence-electron chi connectivity index (χ2n) is 5.88. The average molecular weight is 345 g/mol. The molecule has 128 valence electrons. The second kappa shape index (κ2) is 6.03. The van der Waals surface area contributed by atoms with Crippen molar-refractivity contribution in [2.45, 2.75) is 6.54 Å². The van der Waals surface area contributed by atoms with Gasteiger partial charge in [-0.25, -0.2) is 9.50 Å². The summed E-state index contributed by atoms with van der Waals surface area (Å²) in [4.78, 5) is 9.02. The lowest BCUT2D eigenvalue weighted by molar-refractivity contribution is 0.174. The molecule has 26 heavy (non-hydrogen) atoms. The largest absolute Gasteiger partial charge is 0.454 e. The van der Waals surface area contributed by atoms with E-state index in [1.807, 2.05) is 54.9 Å². The summed E-state index contributed by atoms with van der Waals surface area (Å²) in [7, 11) is 0. The van der Waals surface area contributed by atoms with Crippen LogP contribution in [0.3, 0.4) is 0 Å². The van der Waals surface area contributed by atoms with E-state index in [0.29, 0.717) is 6.54 Å². The molecule has 0 atom stereocenters. The van der Waals surface area contributed by atoms with Gasteiger partial charge in [-0.3, -0.25) is 4.98 Å². The number of pyridine rings is 1. The average Bonchev–Trinajstić information content (AvgIpc) is 3.33. The molecule has 7 heteroatoms. The van der Waals surface area contributed by atoms with Gasteiger partial charge in [-0.15, -0.1) is 0 Å². The first-order valence-corrected chi connectivity index (χ1v) is 8.25. The smallest absolute Gasteiger partial charge is 0.231 e. The van der Waals surface area contributed by atoms with Gasteiger partial charge in [0.2, 0.25) is 6.79 Å². The lowest BCUT2D eigenvalue weighted by Gasteiger charge is -2.06. The minimum Gasteiger partial charge on any atom is -0.454 e. The number of benzene rings is 1. The van der Waals surface area contributed by atoms with Crippen molar-refractivity contribution in [3.8, 4) is 22.6 Å². The normalized spacial score (nSPS) is 12.5. The third-order valence-electron chi connectivity index (χ3n) is 4.23. The monoisotopic (exact) mass is 345 g/mol. The van der Waals surface area contributed by atoms with Gasteiger partial charge in [-0.1, -0.05) is 12.1 Å². The van der Waals surface area contributed by atoms with E-state index in [1.165, 1.54) is 0 Å². The lowest BCUT2D eigenvalue weighted by atomic mass is 10.1. The molecule has 0 fully saturated rings. The molecule has 5 rings (SSSR count). The Labute approximate surface area is 149 Å². The molecule has 4 aromatic rings. The van der Waals surface area contributed by atoms with Crippen molar-refractivity contribution in [1.29, 1.82) is 0 Å². The van der Waals surface area contributed by atoms with E-state index in [9.17, 15) is 0 Å². The van der Waals surface area contributed by atoms with Crippen LogP contribution in [0, 0.1) is 0 Å². The summed E-state index contributed by atoms with van der Waals surface area (Å²) in [5, 5.41) is 7.69. The number of nitrogens with zero attached hydrogens (tertiary/aromatic N) is 4. The molecule has 1 aliphatic heterocycles. The van der Waals surface area contributed by atoms with Crippen molar-refractivity contribution < 1.29 is 9.47 Å². The Morgan fingerprint density at radius 1 is 1.08 bits per heavy atom. The van der Waals surface area contributed by atoms with E-state index in [-0.39, 0.29) is 6.79 Å². The van der Waals surface area contributed by atoms with E-state index >= 15 is 0 Å². The second-order valence-corrected chi connectivity index (χ2v) is 5.88. The van der Waals surface area contributed by atoms with Crippen LogP contribution in [0.2, 0.25) is 0 Å². The molecule has 1 aliphatic rings. The molecule has 0 spiro atoms. The summed E-state index contributed by atoms with van der Waals surface area (Å²) < 4.78 is 12.6. The maximum absolute atomic E-state index is 5.47. The number of nitrogens with one attached hydrogen (secondary N) is 1. The highest BCUT2D eigenvalue weighted by Crippen LogP contribution is 2.36. The predicted octanol–water partition coefficient (Wildman–Crippen LogP) is 3.13. The van der Waals surface area contributed by atoms with E-state index < -0.39 is 0 Å². The van der Waals surface area contributed by atoms with Gasteiger partial charge >= 0.3 is 0 Å². The summed E-state index contributed by atoms with van der Waals surface area (Å²) in [6.07, 6.45) is 5.48. The fraction of sp³-hybridized carbons (Fsp3) is 0.105. The summed E-state index contributed by atoms with van der Waals surface area (Å²) in [5.41, 5.74) is 3.65. The van der Waals surface area contributed by atoms with E-state index in [1.54, 1.807) is 10.7 Å². The SMILES string of the molecule is c1ccc(CNc2ccn3ncc(-c4ccc5c(c4)OCO5)c3n2)nc1. The van der Waals surface area contributed by atoms with Crippen LogP contribution in [0.25, 0.3) is 16.8 Å². The van der Waals surface area contributed by atoms with Crippen LogP contribution in [-0.2, 0) is 6.54 Å². The standard InChI is InChI=1S/C19H15N5O2/c1-2-7-20-14(3-1)10-21-18-6-8-24-19(23-18)15(11-22-24)13-4-5-16-17(9-13)26-12-25-16/h1-9,11H,10,12H2,(H,21,23). The highest BCUT2D eigenvalue weighted by molar-refractivity contribution is 5.79. The first kappa shape index (κ1) is 14.7. The third kappa shape index (κ3) is 2.59. The Morgan fingerprint density at radius 2 is 2.04 bits per heavy atom. The fourth-order valence-electron chi connectivity index (χ4n) is 2.92. The first-order chi connectivity index (χ1) is 12.9. The molecular formula is C19H15N5O2. The maximum atomic E-state index is 5.47. The van der Waals surface area contributed by atoms with Crippen LogP contribution in [0.4, 0.5) is 5.82 Å². The van der Waals surface area contributed by atoms with Crippen LogP contribution in [0.15, 0.2) is 61.1 Å². The van der Waals surface area contributed by atoms with Gasteiger partial charge in [-0.2, -0.15) is 5.10 Å². The number of hydrogen-bond donors (Lipinski definition) is 1. The first-order valence-electron chi connectivity index (χ1n) is 8.25. The molecule has 4 heterocycles. The maximum Gasteiger partial charge on any atom is 0.231 e. The quantitative estimate of drug-likeness (QED) is 0.613. The fourth-order valence-corrected chi connectivity index (χ4v) is 2.92. The zero-order valence-electron chi connectivity index (χ0n) is 13.8. The van der Waals surface area contributed by atoms with Crippen molar-refractivity contribution in [3.05, 3.63) is 66.7 Å². The topological polar surface area (TPSA) is 73.6 Å². The summed E-state index contributed by atoms with van der Waals surface area (Å²) in [6.45, 7) is 0.866. The van der Waals surface area contributed by atoms with Gasteiger partial charge in [0.25, 0.3) is 0 Å². The van der Waals surface area contributed by atoms with E-state index in [4.69, 9.17) is 14.5 Å². The zero-order valence-corrected chi connectivity index (χ0v) is 13.8. The number of ether oxygens (including phenoxy) is 2. The summed E-state index contributed by atoms with van der Waals surface area (Å²) in [5.74, 6) is 2.27. The number of anilines is 1. The molecule has 7 nitrogen and oxygen atoms in total. The Bertz CT molecular complexity index is 1080. The predicted molar refractivity (Wildman–Crippen MR) is 96.1 cm³/mol. The third-order valence-corrected chi connectivity index (χ3v) is 4.23. The van der Waals surface area contributed by atoms with E-state index in [2.05, 4.69) is 15.4 Å². The minimum absolute atomic E-state index is 0.257.